The maximum Gasteiger partial charge on any atom is 0.258 e. The summed E-state index contributed by atoms with van der Waals surface area (Å²) in [5.74, 6) is -4.15. The van der Waals surface area contributed by atoms with Crippen LogP contribution in [0.15, 0.2) is 17.0 Å². The predicted molar refractivity (Wildman–Crippen MR) is 64.4 cm³/mol. The van der Waals surface area contributed by atoms with Crippen molar-refractivity contribution >= 4 is 15.9 Å². The molecule has 20 heavy (non-hydrogen) atoms. The fourth-order valence-corrected chi connectivity index (χ4v) is 2.08. The number of ether oxygens (including phenoxy) is 1. The summed E-state index contributed by atoms with van der Waals surface area (Å²) in [5.41, 5.74) is 0. The van der Waals surface area contributed by atoms with Crippen LogP contribution in [-0.2, 0) is 14.8 Å². The Balaban J connectivity index is 2.09. The fraction of sp³-hybridized carbons (Fsp3) is 0.364. The molecule has 0 radical (unpaired) electrons. The molecule has 0 aliphatic heterocycles. The smallest absolute Gasteiger partial charge is 0.258 e. The highest BCUT2D eigenvalue weighted by atomic mass is 32.2. The molecule has 1 saturated carbocycles. The Kier molecular flexibility index (Phi) is 3.91. The molecule has 6 nitrogen and oxygen atoms in total. The zero-order chi connectivity index (χ0) is 14.9. The van der Waals surface area contributed by atoms with Crippen molar-refractivity contribution in [2.75, 3.05) is 6.61 Å². The number of rotatable bonds is 5. The molecule has 1 fully saturated rings. The molecule has 110 valence electrons. The third-order valence-electron chi connectivity index (χ3n) is 2.62. The average Bonchev–Trinajstić information content (AvgIpc) is 3.13. The first-order valence-electron chi connectivity index (χ1n) is 5.72. The first-order valence-corrected chi connectivity index (χ1v) is 7.26. The maximum atomic E-state index is 13.6. The quantitative estimate of drug-likeness (QED) is 0.815. The third-order valence-corrected chi connectivity index (χ3v) is 3.55. The van der Waals surface area contributed by atoms with Gasteiger partial charge in [0, 0.05) is 6.04 Å². The maximum absolute atomic E-state index is 13.6. The normalized spacial score (nSPS) is 14.9. The van der Waals surface area contributed by atoms with Gasteiger partial charge in [0.2, 0.25) is 15.8 Å². The van der Waals surface area contributed by atoms with E-state index in [4.69, 9.17) is 9.88 Å². The highest BCUT2D eigenvalue weighted by Gasteiger charge is 2.24. The van der Waals surface area contributed by atoms with E-state index in [9.17, 15) is 22.0 Å². The monoisotopic (exact) mass is 306 g/mol. The number of hydrogen-bond donors (Lipinski definition) is 2. The van der Waals surface area contributed by atoms with E-state index in [1.165, 1.54) is 0 Å². The molecule has 0 spiro atoms. The van der Waals surface area contributed by atoms with Gasteiger partial charge in [-0.15, -0.1) is 0 Å². The van der Waals surface area contributed by atoms with Crippen molar-refractivity contribution in [3.8, 4) is 5.75 Å². The number of carbonyl (C=O) groups is 1. The topological polar surface area (TPSA) is 98.5 Å². The summed E-state index contributed by atoms with van der Waals surface area (Å²) in [7, 11) is -4.36. The minimum Gasteiger partial charge on any atom is -0.481 e. The van der Waals surface area contributed by atoms with Crippen LogP contribution in [0.25, 0.3) is 0 Å². The zero-order valence-electron chi connectivity index (χ0n) is 10.2. The Morgan fingerprint density at radius 1 is 1.35 bits per heavy atom. The van der Waals surface area contributed by atoms with Gasteiger partial charge in [0.15, 0.2) is 18.2 Å². The molecule has 0 bridgehead atoms. The van der Waals surface area contributed by atoms with E-state index in [2.05, 4.69) is 5.32 Å². The van der Waals surface area contributed by atoms with Gasteiger partial charge in [0.25, 0.3) is 5.91 Å². The number of halogens is 2. The molecule has 0 heterocycles. The van der Waals surface area contributed by atoms with Crippen LogP contribution < -0.4 is 15.2 Å². The number of primary sulfonamides is 1. The van der Waals surface area contributed by atoms with E-state index < -0.39 is 44.8 Å². The van der Waals surface area contributed by atoms with E-state index in [0.717, 1.165) is 25.0 Å². The molecular formula is C11H12F2N2O4S. The highest BCUT2D eigenvalue weighted by Crippen LogP contribution is 2.25. The number of hydrogen-bond acceptors (Lipinski definition) is 4. The van der Waals surface area contributed by atoms with Gasteiger partial charge in [-0.2, -0.15) is 4.39 Å². The van der Waals surface area contributed by atoms with Gasteiger partial charge in [0.1, 0.15) is 4.90 Å². The second-order valence-electron chi connectivity index (χ2n) is 4.37. The molecule has 0 saturated heterocycles. The van der Waals surface area contributed by atoms with E-state index in [1.807, 2.05) is 0 Å². The third kappa shape index (κ3) is 3.42. The number of benzene rings is 1. The van der Waals surface area contributed by atoms with Crippen molar-refractivity contribution in [1.29, 1.82) is 0 Å². The van der Waals surface area contributed by atoms with Gasteiger partial charge in [-0.3, -0.25) is 4.79 Å². The van der Waals surface area contributed by atoms with Crippen molar-refractivity contribution in [1.82, 2.24) is 5.32 Å². The minimum atomic E-state index is -4.36. The summed E-state index contributed by atoms with van der Waals surface area (Å²) in [6, 6.07) is 1.81. The Labute approximate surface area is 114 Å². The van der Waals surface area contributed by atoms with Gasteiger partial charge in [-0.25, -0.2) is 17.9 Å². The first kappa shape index (κ1) is 14.7. The molecule has 1 aliphatic carbocycles. The molecule has 2 rings (SSSR count). The lowest BCUT2D eigenvalue weighted by Gasteiger charge is -2.09. The number of amides is 1. The van der Waals surface area contributed by atoms with Crippen LogP contribution in [0.2, 0.25) is 0 Å². The van der Waals surface area contributed by atoms with Crippen LogP contribution >= 0.6 is 0 Å². The number of sulfonamides is 1. The Hall–Kier alpha value is -1.74. The lowest BCUT2D eigenvalue weighted by molar-refractivity contribution is -0.123. The molecule has 9 heteroatoms. The van der Waals surface area contributed by atoms with E-state index in [0.29, 0.717) is 0 Å². The van der Waals surface area contributed by atoms with Crippen LogP contribution in [0.5, 0.6) is 5.75 Å². The molecule has 3 N–H and O–H groups in total. The van der Waals surface area contributed by atoms with Crippen LogP contribution in [-0.4, -0.2) is 27.0 Å². The summed E-state index contributed by atoms with van der Waals surface area (Å²) in [6.07, 6.45) is 1.77. The van der Waals surface area contributed by atoms with Crippen LogP contribution in [0, 0.1) is 11.6 Å². The van der Waals surface area contributed by atoms with Crippen LogP contribution in [0.4, 0.5) is 8.78 Å². The zero-order valence-corrected chi connectivity index (χ0v) is 11.0. The summed E-state index contributed by atoms with van der Waals surface area (Å²) < 4.78 is 53.8. The largest absolute Gasteiger partial charge is 0.481 e. The summed E-state index contributed by atoms with van der Waals surface area (Å²) in [5, 5.41) is 7.32. The fourth-order valence-electron chi connectivity index (χ4n) is 1.49. The lowest BCUT2D eigenvalue weighted by Crippen LogP contribution is -2.30. The van der Waals surface area contributed by atoms with E-state index in [-0.39, 0.29) is 6.04 Å². The number of nitrogens with two attached hydrogens (primary N) is 1. The molecule has 1 aromatic carbocycles. The van der Waals surface area contributed by atoms with Gasteiger partial charge >= 0.3 is 0 Å². The Bertz CT molecular complexity index is 644. The van der Waals surface area contributed by atoms with E-state index in [1.54, 1.807) is 0 Å². The predicted octanol–water partition coefficient (Wildman–Crippen LogP) is 0.270. The second kappa shape index (κ2) is 5.33. The number of carbonyl (C=O) groups excluding carboxylic acids is 1. The van der Waals surface area contributed by atoms with Gasteiger partial charge in [-0.1, -0.05) is 0 Å². The molecular weight excluding hydrogens is 294 g/mol. The Morgan fingerprint density at radius 2 is 2.00 bits per heavy atom. The minimum absolute atomic E-state index is 0.123. The summed E-state index contributed by atoms with van der Waals surface area (Å²) in [4.78, 5) is 10.4. The van der Waals surface area contributed by atoms with Gasteiger partial charge in [0.05, 0.1) is 0 Å². The highest BCUT2D eigenvalue weighted by molar-refractivity contribution is 7.89. The number of nitrogens with one attached hydrogen (secondary N) is 1. The molecule has 1 aromatic rings. The second-order valence-corrected chi connectivity index (χ2v) is 5.90. The summed E-state index contributed by atoms with van der Waals surface area (Å²) >= 11 is 0. The van der Waals surface area contributed by atoms with Crippen molar-refractivity contribution in [2.45, 2.75) is 23.8 Å². The average molecular weight is 306 g/mol. The van der Waals surface area contributed by atoms with Crippen molar-refractivity contribution in [2.24, 2.45) is 5.14 Å². The molecule has 1 amide bonds. The van der Waals surface area contributed by atoms with Crippen LogP contribution in [0.3, 0.4) is 0 Å². The standard InChI is InChI=1S/C11H12F2N2O4S/c12-10-7(19-5-9(16)15-6-1-2-6)3-4-8(11(10)13)20(14,17)18/h3-4,6H,1-2,5H2,(H,15,16)(H2,14,17,18). The molecule has 0 atom stereocenters. The van der Waals surface area contributed by atoms with Crippen molar-refractivity contribution < 1.29 is 26.7 Å². The first-order chi connectivity index (χ1) is 9.29. The van der Waals surface area contributed by atoms with Gasteiger partial charge in [-0.05, 0) is 25.0 Å². The molecule has 1 aliphatic rings. The summed E-state index contributed by atoms with van der Waals surface area (Å²) in [6.45, 7) is -0.485. The Morgan fingerprint density at radius 3 is 2.55 bits per heavy atom. The van der Waals surface area contributed by atoms with Gasteiger partial charge < -0.3 is 10.1 Å². The lowest BCUT2D eigenvalue weighted by atomic mass is 10.3. The SMILES string of the molecule is NS(=O)(=O)c1ccc(OCC(=O)NC2CC2)c(F)c1F. The molecule has 0 aromatic heterocycles. The van der Waals surface area contributed by atoms with Crippen LogP contribution in [0.1, 0.15) is 12.8 Å². The van der Waals surface area contributed by atoms with E-state index >= 15 is 0 Å². The van der Waals surface area contributed by atoms with Crippen molar-refractivity contribution in [3.05, 3.63) is 23.8 Å². The van der Waals surface area contributed by atoms with Crippen molar-refractivity contribution in [3.63, 3.8) is 0 Å². The molecule has 0 unspecified atom stereocenters.